The van der Waals surface area contributed by atoms with Crippen molar-refractivity contribution in [2.24, 2.45) is 0 Å². The minimum absolute atomic E-state index is 0.148. The highest BCUT2D eigenvalue weighted by molar-refractivity contribution is 6.30. The lowest BCUT2D eigenvalue weighted by Gasteiger charge is -2.30. The minimum atomic E-state index is -0.599. The molecule has 0 spiro atoms. The molecule has 0 bridgehead atoms. The number of amides is 2. The molecule has 0 aliphatic rings. The van der Waals surface area contributed by atoms with Gasteiger partial charge in [0.05, 0.1) is 0 Å². The largest absolute Gasteiger partial charge is 0.382 e. The summed E-state index contributed by atoms with van der Waals surface area (Å²) in [5.74, 6) is -0.306. The lowest BCUT2D eigenvalue weighted by atomic mass is 10.0. The Morgan fingerprint density at radius 2 is 1.76 bits per heavy atom. The average Bonchev–Trinajstić information content (AvgIpc) is 2.72. The molecule has 2 aromatic carbocycles. The molecule has 0 aliphatic heterocycles. The van der Waals surface area contributed by atoms with Gasteiger partial charge in [0.2, 0.25) is 11.8 Å². The van der Waals surface area contributed by atoms with Crippen molar-refractivity contribution in [3.63, 3.8) is 0 Å². The van der Waals surface area contributed by atoms with Gasteiger partial charge in [-0.1, -0.05) is 54.1 Å². The van der Waals surface area contributed by atoms with Crippen LogP contribution in [0.1, 0.15) is 31.4 Å². The molecule has 5 nitrogen and oxygen atoms in total. The maximum atomic E-state index is 13.0. The Morgan fingerprint density at radius 3 is 2.38 bits per heavy atom. The van der Waals surface area contributed by atoms with Crippen molar-refractivity contribution in [2.45, 2.75) is 39.3 Å². The number of nitrogens with zero attached hydrogens (tertiary/aromatic N) is 1. The van der Waals surface area contributed by atoms with E-state index in [4.69, 9.17) is 16.3 Å². The number of carbonyl (C=O) groups is 2. The van der Waals surface area contributed by atoms with Gasteiger partial charge >= 0.3 is 0 Å². The van der Waals surface area contributed by atoms with Gasteiger partial charge in [-0.3, -0.25) is 9.59 Å². The Bertz CT molecular complexity index is 765. The highest BCUT2D eigenvalue weighted by Gasteiger charge is 2.28. The Morgan fingerprint density at radius 1 is 1.07 bits per heavy atom. The van der Waals surface area contributed by atoms with Crippen molar-refractivity contribution in [3.05, 3.63) is 70.7 Å². The molecule has 6 heteroatoms. The molecule has 2 rings (SSSR count). The van der Waals surface area contributed by atoms with Crippen molar-refractivity contribution >= 4 is 23.4 Å². The van der Waals surface area contributed by atoms with Crippen LogP contribution in [0.2, 0.25) is 5.02 Å². The molecular weight excluding hydrogens is 388 g/mol. The smallest absolute Gasteiger partial charge is 0.243 e. The summed E-state index contributed by atoms with van der Waals surface area (Å²) in [7, 11) is 0. The summed E-state index contributed by atoms with van der Waals surface area (Å²) in [4.78, 5) is 27.1. The van der Waals surface area contributed by atoms with Crippen LogP contribution in [0.25, 0.3) is 0 Å². The molecule has 0 aliphatic carbocycles. The van der Waals surface area contributed by atoms with Crippen LogP contribution < -0.4 is 5.32 Å². The van der Waals surface area contributed by atoms with E-state index in [1.807, 2.05) is 49.4 Å². The van der Waals surface area contributed by atoms with Crippen LogP contribution in [0.15, 0.2) is 54.6 Å². The van der Waals surface area contributed by atoms with Crippen molar-refractivity contribution in [2.75, 3.05) is 19.8 Å². The van der Waals surface area contributed by atoms with E-state index in [0.717, 1.165) is 17.5 Å². The topological polar surface area (TPSA) is 58.6 Å². The van der Waals surface area contributed by atoms with Crippen molar-refractivity contribution < 1.29 is 14.3 Å². The molecule has 0 heterocycles. The van der Waals surface area contributed by atoms with E-state index in [0.29, 0.717) is 37.7 Å². The number of benzene rings is 2. The highest BCUT2D eigenvalue weighted by Crippen LogP contribution is 2.16. The Labute approximate surface area is 178 Å². The first-order valence-corrected chi connectivity index (χ1v) is 10.3. The molecule has 2 amide bonds. The lowest BCUT2D eigenvalue weighted by molar-refractivity contribution is -0.139. The van der Waals surface area contributed by atoms with Gasteiger partial charge in [0.25, 0.3) is 0 Å². The zero-order valence-electron chi connectivity index (χ0n) is 17.1. The molecule has 0 unspecified atom stereocenters. The Hall–Kier alpha value is -2.37. The average molecular weight is 417 g/mol. The normalized spacial score (nSPS) is 11.7. The SMILES string of the molecule is CCOCCCNC(=O)[C@@H](Cc1ccccc1)N(Cc1ccc(Cl)cc1)C(C)=O. The number of hydrogen-bond acceptors (Lipinski definition) is 3. The monoisotopic (exact) mass is 416 g/mol. The first kappa shape index (κ1) is 22.9. The Balaban J connectivity index is 2.16. The summed E-state index contributed by atoms with van der Waals surface area (Å²) in [6, 6.07) is 16.5. The highest BCUT2D eigenvalue weighted by atomic mass is 35.5. The third kappa shape index (κ3) is 7.87. The van der Waals surface area contributed by atoms with Gasteiger partial charge in [-0.25, -0.2) is 0 Å². The molecule has 1 atom stereocenters. The molecule has 0 saturated carbocycles. The second-order valence-corrected chi connectivity index (χ2v) is 7.26. The predicted molar refractivity (Wildman–Crippen MR) is 116 cm³/mol. The molecule has 0 aromatic heterocycles. The summed E-state index contributed by atoms with van der Waals surface area (Å²) in [6.45, 7) is 5.55. The quantitative estimate of drug-likeness (QED) is 0.566. The molecule has 156 valence electrons. The minimum Gasteiger partial charge on any atom is -0.382 e. The van der Waals surface area contributed by atoms with Crippen LogP contribution >= 0.6 is 11.6 Å². The predicted octanol–water partition coefficient (Wildman–Crippen LogP) is 3.84. The standard InChI is InChI=1S/C23H29ClN2O3/c1-3-29-15-7-14-25-23(28)22(16-19-8-5-4-6-9-19)26(18(2)27)17-20-10-12-21(24)13-11-20/h4-6,8-13,22H,3,7,14-17H2,1-2H3,(H,25,28)/t22-/m1/s1. The van der Waals surface area contributed by atoms with E-state index >= 15 is 0 Å². The number of halogens is 1. The maximum absolute atomic E-state index is 13.0. The molecule has 1 N–H and O–H groups in total. The van der Waals surface area contributed by atoms with Gasteiger partial charge in [0.15, 0.2) is 0 Å². The first-order valence-electron chi connectivity index (χ1n) is 9.92. The number of hydrogen-bond donors (Lipinski definition) is 1. The summed E-state index contributed by atoms with van der Waals surface area (Å²) in [5, 5.41) is 3.59. The van der Waals surface area contributed by atoms with Gasteiger partial charge < -0.3 is 15.0 Å². The molecule has 0 saturated heterocycles. The van der Waals surface area contributed by atoms with E-state index in [1.165, 1.54) is 6.92 Å². The second kappa shape index (κ2) is 12.2. The number of nitrogens with one attached hydrogen (secondary N) is 1. The number of rotatable bonds is 11. The van der Waals surface area contributed by atoms with Crippen LogP contribution in [0.3, 0.4) is 0 Å². The molecule has 0 radical (unpaired) electrons. The molecule has 0 fully saturated rings. The molecule has 2 aromatic rings. The van der Waals surface area contributed by atoms with E-state index in [9.17, 15) is 9.59 Å². The summed E-state index contributed by atoms with van der Waals surface area (Å²) in [5.41, 5.74) is 1.93. The van der Waals surface area contributed by atoms with Crippen LogP contribution in [0.5, 0.6) is 0 Å². The van der Waals surface area contributed by atoms with E-state index < -0.39 is 6.04 Å². The van der Waals surface area contributed by atoms with Gasteiger partial charge in [-0.05, 0) is 36.6 Å². The van der Waals surface area contributed by atoms with Gasteiger partial charge in [0, 0.05) is 44.7 Å². The van der Waals surface area contributed by atoms with E-state index in [2.05, 4.69) is 5.32 Å². The summed E-state index contributed by atoms with van der Waals surface area (Å²) < 4.78 is 5.32. The van der Waals surface area contributed by atoms with Crippen LogP contribution in [0, 0.1) is 0 Å². The second-order valence-electron chi connectivity index (χ2n) is 6.82. The van der Waals surface area contributed by atoms with Crippen molar-refractivity contribution in [3.8, 4) is 0 Å². The third-order valence-corrected chi connectivity index (χ3v) is 4.84. The van der Waals surface area contributed by atoms with E-state index in [-0.39, 0.29) is 11.8 Å². The van der Waals surface area contributed by atoms with Crippen LogP contribution in [0.4, 0.5) is 0 Å². The third-order valence-electron chi connectivity index (χ3n) is 4.59. The lowest BCUT2D eigenvalue weighted by Crippen LogP contribution is -2.50. The van der Waals surface area contributed by atoms with Crippen LogP contribution in [-0.4, -0.2) is 42.5 Å². The van der Waals surface area contributed by atoms with Crippen molar-refractivity contribution in [1.29, 1.82) is 0 Å². The summed E-state index contributed by atoms with van der Waals surface area (Å²) in [6.07, 6.45) is 1.18. The summed E-state index contributed by atoms with van der Waals surface area (Å²) >= 11 is 5.97. The number of ether oxygens (including phenoxy) is 1. The first-order chi connectivity index (χ1) is 14.0. The van der Waals surface area contributed by atoms with E-state index in [1.54, 1.807) is 17.0 Å². The van der Waals surface area contributed by atoms with Crippen LogP contribution in [-0.2, 0) is 27.3 Å². The fourth-order valence-corrected chi connectivity index (χ4v) is 3.18. The Kier molecular flexibility index (Phi) is 9.68. The van der Waals surface area contributed by atoms with Gasteiger partial charge in [-0.2, -0.15) is 0 Å². The number of carbonyl (C=O) groups excluding carboxylic acids is 2. The van der Waals surface area contributed by atoms with Gasteiger partial charge in [-0.15, -0.1) is 0 Å². The fraction of sp³-hybridized carbons (Fsp3) is 0.391. The zero-order chi connectivity index (χ0) is 21.1. The van der Waals surface area contributed by atoms with Crippen molar-refractivity contribution in [1.82, 2.24) is 10.2 Å². The zero-order valence-corrected chi connectivity index (χ0v) is 17.8. The maximum Gasteiger partial charge on any atom is 0.243 e. The molecular formula is C23H29ClN2O3. The van der Waals surface area contributed by atoms with Gasteiger partial charge in [0.1, 0.15) is 6.04 Å². The molecule has 29 heavy (non-hydrogen) atoms. The fourth-order valence-electron chi connectivity index (χ4n) is 3.06.